The molecule has 0 aromatic carbocycles. The zero-order chi connectivity index (χ0) is 12.8. The summed E-state index contributed by atoms with van der Waals surface area (Å²) in [4.78, 5) is 22.6. The number of esters is 1. The number of amides is 1. The average molecular weight is 233 g/mol. The predicted octanol–water partition coefficient (Wildman–Crippen LogP) is 0.699. The molecule has 0 aliphatic heterocycles. The predicted molar refractivity (Wildman–Crippen MR) is 57.0 cm³/mol. The Morgan fingerprint density at radius 2 is 1.81 bits per heavy atom. The number of methoxy groups -OCH3 is 2. The highest BCUT2D eigenvalue weighted by Crippen LogP contribution is 2.06. The SMILES string of the molecule is COC[C@@H](NC(=O)OC(C)(C)C)C(=O)OC. The summed E-state index contributed by atoms with van der Waals surface area (Å²) in [5.74, 6) is -0.576. The first-order valence-electron chi connectivity index (χ1n) is 4.86. The van der Waals surface area contributed by atoms with Gasteiger partial charge in [-0.15, -0.1) is 0 Å². The molecule has 0 aromatic rings. The molecule has 0 saturated carbocycles. The summed E-state index contributed by atoms with van der Waals surface area (Å²) >= 11 is 0. The Balaban J connectivity index is 4.29. The second kappa shape index (κ2) is 6.32. The van der Waals surface area contributed by atoms with Crippen molar-refractivity contribution in [3.8, 4) is 0 Å². The molecule has 0 aliphatic carbocycles. The lowest BCUT2D eigenvalue weighted by molar-refractivity contribution is -0.144. The van der Waals surface area contributed by atoms with E-state index in [0.717, 1.165) is 0 Å². The van der Waals surface area contributed by atoms with Crippen LogP contribution in [0.5, 0.6) is 0 Å². The highest BCUT2D eigenvalue weighted by atomic mass is 16.6. The lowest BCUT2D eigenvalue weighted by Crippen LogP contribution is -2.46. The zero-order valence-corrected chi connectivity index (χ0v) is 10.3. The molecule has 6 heteroatoms. The molecule has 1 amide bonds. The average Bonchev–Trinajstić information content (AvgIpc) is 2.13. The Kier molecular flexibility index (Phi) is 5.81. The molecule has 16 heavy (non-hydrogen) atoms. The van der Waals surface area contributed by atoms with Crippen molar-refractivity contribution in [2.24, 2.45) is 0 Å². The van der Waals surface area contributed by atoms with Gasteiger partial charge in [0, 0.05) is 7.11 Å². The van der Waals surface area contributed by atoms with Gasteiger partial charge in [-0.2, -0.15) is 0 Å². The number of carbonyl (C=O) groups excluding carboxylic acids is 2. The molecule has 0 radical (unpaired) electrons. The van der Waals surface area contributed by atoms with Gasteiger partial charge in [0.15, 0.2) is 6.04 Å². The van der Waals surface area contributed by atoms with Crippen LogP contribution in [0.25, 0.3) is 0 Å². The third kappa shape index (κ3) is 6.23. The quantitative estimate of drug-likeness (QED) is 0.723. The van der Waals surface area contributed by atoms with Crippen LogP contribution in [0.3, 0.4) is 0 Å². The van der Waals surface area contributed by atoms with Gasteiger partial charge in [0.25, 0.3) is 0 Å². The van der Waals surface area contributed by atoms with Crippen molar-refractivity contribution in [2.45, 2.75) is 32.4 Å². The molecule has 1 atom stereocenters. The highest BCUT2D eigenvalue weighted by Gasteiger charge is 2.24. The van der Waals surface area contributed by atoms with Gasteiger partial charge in [-0.25, -0.2) is 9.59 Å². The smallest absolute Gasteiger partial charge is 0.408 e. The maximum atomic E-state index is 11.4. The normalized spacial score (nSPS) is 12.8. The fourth-order valence-electron chi connectivity index (χ4n) is 0.927. The van der Waals surface area contributed by atoms with E-state index in [1.54, 1.807) is 20.8 Å². The van der Waals surface area contributed by atoms with Gasteiger partial charge in [-0.3, -0.25) is 0 Å². The molecule has 0 spiro atoms. The molecular weight excluding hydrogens is 214 g/mol. The number of hydrogen-bond acceptors (Lipinski definition) is 5. The van der Waals surface area contributed by atoms with Gasteiger partial charge in [0.05, 0.1) is 13.7 Å². The fourth-order valence-corrected chi connectivity index (χ4v) is 0.927. The van der Waals surface area contributed by atoms with Crippen LogP contribution in [0, 0.1) is 0 Å². The Morgan fingerprint density at radius 3 is 2.19 bits per heavy atom. The summed E-state index contributed by atoms with van der Waals surface area (Å²) in [6, 6.07) is -0.857. The van der Waals surface area contributed by atoms with Gasteiger partial charge in [0.1, 0.15) is 5.60 Å². The van der Waals surface area contributed by atoms with Crippen LogP contribution in [0.15, 0.2) is 0 Å². The maximum Gasteiger partial charge on any atom is 0.408 e. The molecular formula is C10H19NO5. The van der Waals surface area contributed by atoms with E-state index in [0.29, 0.717) is 0 Å². The van der Waals surface area contributed by atoms with Crippen LogP contribution in [-0.4, -0.2) is 44.5 Å². The molecule has 0 unspecified atom stereocenters. The first kappa shape index (κ1) is 14.7. The van der Waals surface area contributed by atoms with E-state index in [-0.39, 0.29) is 6.61 Å². The van der Waals surface area contributed by atoms with Crippen LogP contribution >= 0.6 is 0 Å². The largest absolute Gasteiger partial charge is 0.467 e. The molecule has 0 aromatic heterocycles. The Bertz CT molecular complexity index is 246. The molecule has 0 aliphatic rings. The van der Waals surface area contributed by atoms with Crippen molar-refractivity contribution in [1.82, 2.24) is 5.32 Å². The van der Waals surface area contributed by atoms with Crippen LogP contribution < -0.4 is 5.32 Å². The van der Waals surface area contributed by atoms with Crippen LogP contribution in [0.2, 0.25) is 0 Å². The summed E-state index contributed by atoms with van der Waals surface area (Å²) < 4.78 is 14.3. The number of carbonyl (C=O) groups is 2. The number of alkyl carbamates (subject to hydrolysis) is 1. The molecule has 0 fully saturated rings. The molecule has 6 nitrogen and oxygen atoms in total. The van der Waals surface area contributed by atoms with E-state index in [4.69, 9.17) is 9.47 Å². The fraction of sp³-hybridized carbons (Fsp3) is 0.800. The Hall–Kier alpha value is -1.30. The van der Waals surface area contributed by atoms with E-state index in [1.165, 1.54) is 14.2 Å². The van der Waals surface area contributed by atoms with Crippen molar-refractivity contribution in [2.75, 3.05) is 20.8 Å². The first-order chi connectivity index (χ1) is 7.30. The number of ether oxygens (including phenoxy) is 3. The molecule has 0 saturated heterocycles. The third-order valence-electron chi connectivity index (χ3n) is 1.51. The number of rotatable bonds is 4. The van der Waals surface area contributed by atoms with Crippen LogP contribution in [-0.2, 0) is 19.0 Å². The second-order valence-electron chi connectivity index (χ2n) is 4.18. The number of hydrogen-bond donors (Lipinski definition) is 1. The molecule has 0 heterocycles. The zero-order valence-electron chi connectivity index (χ0n) is 10.3. The summed E-state index contributed by atoms with van der Waals surface area (Å²) in [6.45, 7) is 5.23. The van der Waals surface area contributed by atoms with E-state index in [9.17, 15) is 9.59 Å². The van der Waals surface area contributed by atoms with Gasteiger partial charge in [0.2, 0.25) is 0 Å². The lowest BCUT2D eigenvalue weighted by Gasteiger charge is -2.22. The minimum atomic E-state index is -0.857. The van der Waals surface area contributed by atoms with E-state index in [1.807, 2.05) is 0 Å². The summed E-state index contributed by atoms with van der Waals surface area (Å²) in [6.07, 6.45) is -0.681. The third-order valence-corrected chi connectivity index (χ3v) is 1.51. The Labute approximate surface area is 95.2 Å². The van der Waals surface area contributed by atoms with Crippen molar-refractivity contribution in [1.29, 1.82) is 0 Å². The molecule has 94 valence electrons. The van der Waals surface area contributed by atoms with E-state index >= 15 is 0 Å². The minimum Gasteiger partial charge on any atom is -0.467 e. The molecule has 0 bridgehead atoms. The first-order valence-corrected chi connectivity index (χ1v) is 4.86. The van der Waals surface area contributed by atoms with Crippen LogP contribution in [0.1, 0.15) is 20.8 Å². The topological polar surface area (TPSA) is 73.9 Å². The van der Waals surface area contributed by atoms with Crippen molar-refractivity contribution in [3.63, 3.8) is 0 Å². The van der Waals surface area contributed by atoms with Crippen molar-refractivity contribution < 1.29 is 23.8 Å². The van der Waals surface area contributed by atoms with Gasteiger partial charge in [-0.1, -0.05) is 0 Å². The lowest BCUT2D eigenvalue weighted by atomic mass is 10.2. The maximum absolute atomic E-state index is 11.4. The summed E-state index contributed by atoms with van der Waals surface area (Å²) in [5, 5.41) is 2.36. The van der Waals surface area contributed by atoms with E-state index in [2.05, 4.69) is 10.1 Å². The Morgan fingerprint density at radius 1 is 1.25 bits per heavy atom. The van der Waals surface area contributed by atoms with Gasteiger partial charge >= 0.3 is 12.1 Å². The monoisotopic (exact) mass is 233 g/mol. The van der Waals surface area contributed by atoms with Gasteiger partial charge < -0.3 is 19.5 Å². The number of nitrogens with one attached hydrogen (secondary N) is 1. The highest BCUT2D eigenvalue weighted by molar-refractivity contribution is 5.81. The van der Waals surface area contributed by atoms with E-state index < -0.39 is 23.7 Å². The standard InChI is InChI=1S/C10H19NO5/c1-10(2,3)16-9(13)11-7(6-14-4)8(12)15-5/h7H,6H2,1-5H3,(H,11,13)/t7-/m1/s1. The molecule has 1 N–H and O–H groups in total. The molecule has 0 rings (SSSR count). The van der Waals surface area contributed by atoms with Crippen LogP contribution in [0.4, 0.5) is 4.79 Å². The summed E-state index contributed by atoms with van der Waals surface area (Å²) in [5.41, 5.74) is -0.613. The van der Waals surface area contributed by atoms with Crippen molar-refractivity contribution >= 4 is 12.1 Å². The second-order valence-corrected chi connectivity index (χ2v) is 4.18. The minimum absolute atomic E-state index is 0.0336. The summed E-state index contributed by atoms with van der Waals surface area (Å²) in [7, 11) is 2.66. The van der Waals surface area contributed by atoms with Gasteiger partial charge in [-0.05, 0) is 20.8 Å². The van der Waals surface area contributed by atoms with Crippen molar-refractivity contribution in [3.05, 3.63) is 0 Å².